The number of imidazole rings is 1. The summed E-state index contributed by atoms with van der Waals surface area (Å²) in [4.78, 5) is 8.30. The number of aliphatic hydroxyl groups is 1. The first-order chi connectivity index (χ1) is 10.5. The van der Waals surface area contributed by atoms with Crippen molar-refractivity contribution in [1.29, 1.82) is 0 Å². The number of ether oxygens (including phenoxy) is 3. The van der Waals surface area contributed by atoms with E-state index in [1.165, 1.54) is 0 Å². The van der Waals surface area contributed by atoms with E-state index in [4.69, 9.17) is 26.4 Å². The number of nitrogens with one attached hydrogen (secondary N) is 1. The van der Waals surface area contributed by atoms with Gasteiger partial charge in [0.15, 0.2) is 11.4 Å². The average molecular weight is 324 g/mol. The molecule has 4 atom stereocenters. The van der Waals surface area contributed by atoms with Gasteiger partial charge in [0, 0.05) is 0 Å². The van der Waals surface area contributed by atoms with Crippen LogP contribution < -0.4 is 0 Å². The molecule has 0 aromatic carbocycles. The Kier molecular flexibility index (Phi) is 3.10. The summed E-state index contributed by atoms with van der Waals surface area (Å²) in [6, 6.07) is 0. The molecule has 0 bridgehead atoms. The van der Waals surface area contributed by atoms with E-state index >= 15 is 0 Å². The van der Waals surface area contributed by atoms with Gasteiger partial charge >= 0.3 is 0 Å². The summed E-state index contributed by atoms with van der Waals surface area (Å²) in [5.41, 5.74) is 1.39. The molecule has 2 saturated heterocycles. The van der Waals surface area contributed by atoms with E-state index < -0.39 is 18.0 Å². The first kappa shape index (κ1) is 14.2. The van der Waals surface area contributed by atoms with Gasteiger partial charge in [-0.2, -0.15) is 0 Å². The standard InChI is InChI=1S/C13H16N4O4S/c1-13(2)20-10-7(5-18)19-9(11(10)21-13)6-3-14-8-4-15-12(22)16-17(6)8/h3-4,7,9-11,18H,5H2,1-2H3,(H,16,22)/t7-,9+,10-,11+/m1/s1. The zero-order valence-corrected chi connectivity index (χ0v) is 12.9. The Morgan fingerprint density at radius 3 is 2.86 bits per heavy atom. The van der Waals surface area contributed by atoms with Crippen molar-refractivity contribution < 1.29 is 19.3 Å². The van der Waals surface area contributed by atoms with Crippen molar-refractivity contribution in [2.24, 2.45) is 0 Å². The molecule has 2 fully saturated rings. The van der Waals surface area contributed by atoms with Crippen molar-refractivity contribution >= 4 is 17.9 Å². The van der Waals surface area contributed by atoms with Gasteiger partial charge < -0.3 is 19.3 Å². The van der Waals surface area contributed by atoms with Gasteiger partial charge in [0.1, 0.15) is 24.4 Å². The van der Waals surface area contributed by atoms with Crippen molar-refractivity contribution in [2.75, 3.05) is 6.61 Å². The molecule has 8 nitrogen and oxygen atoms in total. The molecule has 0 aliphatic carbocycles. The van der Waals surface area contributed by atoms with Crippen LogP contribution in [0.1, 0.15) is 25.6 Å². The summed E-state index contributed by atoms with van der Waals surface area (Å²) < 4.78 is 19.8. The number of aromatic amines is 1. The number of aliphatic hydroxyl groups excluding tert-OH is 1. The van der Waals surface area contributed by atoms with Crippen LogP contribution in [0.25, 0.3) is 5.65 Å². The second kappa shape index (κ2) is 4.80. The molecule has 2 aliphatic rings. The van der Waals surface area contributed by atoms with E-state index in [2.05, 4.69) is 15.1 Å². The Hall–Kier alpha value is -1.39. The predicted molar refractivity (Wildman–Crippen MR) is 76.7 cm³/mol. The van der Waals surface area contributed by atoms with Crippen molar-refractivity contribution in [3.05, 3.63) is 22.9 Å². The van der Waals surface area contributed by atoms with Crippen LogP contribution in [0.2, 0.25) is 0 Å². The highest BCUT2D eigenvalue weighted by Gasteiger charge is 2.56. The first-order valence-corrected chi connectivity index (χ1v) is 7.44. The second-order valence-corrected chi connectivity index (χ2v) is 6.28. The Balaban J connectivity index is 1.78. The lowest BCUT2D eigenvalue weighted by Crippen LogP contribution is -2.31. The Labute approximate surface area is 131 Å². The number of rotatable bonds is 2. The van der Waals surface area contributed by atoms with Crippen LogP contribution in [-0.2, 0) is 14.2 Å². The first-order valence-electron chi connectivity index (χ1n) is 7.03. The third-order valence-electron chi connectivity index (χ3n) is 3.94. The maximum absolute atomic E-state index is 9.54. The molecular formula is C13H16N4O4S. The number of hydrogen-bond acceptors (Lipinski definition) is 7. The molecule has 4 heterocycles. The van der Waals surface area contributed by atoms with Gasteiger partial charge in [0.2, 0.25) is 4.77 Å². The van der Waals surface area contributed by atoms with Gasteiger partial charge in [-0.25, -0.2) is 14.5 Å². The maximum atomic E-state index is 9.54. The molecule has 4 rings (SSSR count). The zero-order valence-electron chi connectivity index (χ0n) is 12.1. The fraction of sp³-hybridized carbons (Fsp3) is 0.615. The van der Waals surface area contributed by atoms with E-state index in [1.807, 2.05) is 13.8 Å². The van der Waals surface area contributed by atoms with Crippen LogP contribution >= 0.6 is 12.2 Å². The van der Waals surface area contributed by atoms with Crippen molar-refractivity contribution in [2.45, 2.75) is 44.1 Å². The Morgan fingerprint density at radius 1 is 1.32 bits per heavy atom. The minimum Gasteiger partial charge on any atom is -0.394 e. The molecule has 9 heteroatoms. The van der Waals surface area contributed by atoms with Gasteiger partial charge in [0.25, 0.3) is 0 Å². The van der Waals surface area contributed by atoms with Gasteiger partial charge in [0.05, 0.1) is 24.7 Å². The Morgan fingerprint density at radius 2 is 2.09 bits per heavy atom. The molecule has 2 aromatic heterocycles. The summed E-state index contributed by atoms with van der Waals surface area (Å²) in [5.74, 6) is -0.709. The molecule has 0 saturated carbocycles. The van der Waals surface area contributed by atoms with Gasteiger partial charge in [-0.1, -0.05) is 0 Å². The van der Waals surface area contributed by atoms with Gasteiger partial charge in [-0.15, -0.1) is 0 Å². The van der Waals surface area contributed by atoms with E-state index in [-0.39, 0.29) is 18.8 Å². The molecule has 0 unspecified atom stereocenters. The summed E-state index contributed by atoms with van der Waals surface area (Å²) in [5, 5.41) is 12.5. The molecule has 2 N–H and O–H groups in total. The SMILES string of the molecule is CC1(C)O[C@@H]2[C@H](O1)[C@@H](CO)O[C@H]2c1cnc2cnc(=S)[nH]n12. The van der Waals surface area contributed by atoms with Gasteiger partial charge in [-0.05, 0) is 26.1 Å². The summed E-state index contributed by atoms with van der Waals surface area (Å²) in [7, 11) is 0. The molecule has 0 amide bonds. The lowest BCUT2D eigenvalue weighted by molar-refractivity contribution is -0.191. The quantitative estimate of drug-likeness (QED) is 0.787. The number of nitrogens with zero attached hydrogens (tertiary/aromatic N) is 3. The highest BCUT2D eigenvalue weighted by atomic mass is 32.1. The fourth-order valence-corrected chi connectivity index (χ4v) is 3.25. The van der Waals surface area contributed by atoms with Crippen LogP contribution in [0.4, 0.5) is 0 Å². The van der Waals surface area contributed by atoms with E-state index in [9.17, 15) is 5.11 Å². The molecule has 0 spiro atoms. The number of H-pyrrole nitrogens is 1. The highest BCUT2D eigenvalue weighted by molar-refractivity contribution is 7.71. The minimum absolute atomic E-state index is 0.134. The lowest BCUT2D eigenvalue weighted by atomic mass is 10.1. The predicted octanol–water partition coefficient (Wildman–Crippen LogP) is 0.739. The summed E-state index contributed by atoms with van der Waals surface area (Å²) >= 11 is 5.06. The molecule has 0 radical (unpaired) electrons. The normalized spacial score (nSPS) is 33.4. The van der Waals surface area contributed by atoms with Crippen LogP contribution in [0, 0.1) is 4.77 Å². The Bertz CT molecular complexity index is 773. The summed E-state index contributed by atoms with van der Waals surface area (Å²) in [6.07, 6.45) is 1.80. The number of fused-ring (bicyclic) bond motifs is 2. The van der Waals surface area contributed by atoms with Crippen LogP contribution in [0.15, 0.2) is 12.4 Å². The smallest absolute Gasteiger partial charge is 0.212 e. The topological polar surface area (TPSA) is 93.9 Å². The van der Waals surface area contributed by atoms with E-state index in [1.54, 1.807) is 16.9 Å². The second-order valence-electron chi connectivity index (χ2n) is 5.89. The number of aromatic nitrogens is 4. The van der Waals surface area contributed by atoms with E-state index in [0.717, 1.165) is 5.69 Å². The largest absolute Gasteiger partial charge is 0.394 e. The molecule has 118 valence electrons. The number of hydrogen-bond donors (Lipinski definition) is 2. The van der Waals surface area contributed by atoms with Crippen LogP contribution in [-0.4, -0.2) is 55.4 Å². The maximum Gasteiger partial charge on any atom is 0.212 e. The zero-order chi connectivity index (χ0) is 15.5. The van der Waals surface area contributed by atoms with Crippen molar-refractivity contribution in [3.63, 3.8) is 0 Å². The van der Waals surface area contributed by atoms with Crippen LogP contribution in [0.5, 0.6) is 0 Å². The summed E-state index contributed by atoms with van der Waals surface area (Å²) in [6.45, 7) is 3.57. The molecule has 2 aliphatic heterocycles. The minimum atomic E-state index is -0.709. The average Bonchev–Trinajstić information content (AvgIpc) is 3.09. The van der Waals surface area contributed by atoms with E-state index in [0.29, 0.717) is 10.4 Å². The third-order valence-corrected chi connectivity index (χ3v) is 4.14. The molecular weight excluding hydrogens is 308 g/mol. The molecule has 2 aromatic rings. The van der Waals surface area contributed by atoms with Crippen LogP contribution in [0.3, 0.4) is 0 Å². The fourth-order valence-electron chi connectivity index (χ4n) is 3.10. The lowest BCUT2D eigenvalue weighted by Gasteiger charge is -2.23. The highest BCUT2D eigenvalue weighted by Crippen LogP contribution is 2.44. The van der Waals surface area contributed by atoms with Crippen molar-refractivity contribution in [3.8, 4) is 0 Å². The molecule has 22 heavy (non-hydrogen) atoms. The van der Waals surface area contributed by atoms with Crippen molar-refractivity contribution in [1.82, 2.24) is 19.6 Å². The van der Waals surface area contributed by atoms with Gasteiger partial charge in [-0.3, -0.25) is 5.10 Å². The third kappa shape index (κ3) is 2.09. The monoisotopic (exact) mass is 324 g/mol.